The monoisotopic (exact) mass is 618 g/mol. The first-order valence-corrected chi connectivity index (χ1v) is 14.4. The Balaban J connectivity index is 1.48. The lowest BCUT2D eigenvalue weighted by atomic mass is 10.2. The maximum Gasteiger partial charge on any atom is 0.319 e. The molecule has 0 bridgehead atoms. The molecule has 0 spiro atoms. The predicted molar refractivity (Wildman–Crippen MR) is 177 cm³/mol. The van der Waals surface area contributed by atoms with Crippen molar-refractivity contribution in [2.24, 2.45) is 0 Å². The lowest BCUT2D eigenvalue weighted by Crippen LogP contribution is -2.46. The lowest BCUT2D eigenvalue weighted by Gasteiger charge is -2.26. The Labute approximate surface area is 267 Å². The third-order valence-electron chi connectivity index (χ3n) is 7.02. The molecule has 0 radical (unpaired) electrons. The number of rotatable bonds is 11. The first-order valence-electron chi connectivity index (χ1n) is 14.4. The van der Waals surface area contributed by atoms with Crippen LogP contribution in [0.4, 0.5) is 27.5 Å². The summed E-state index contributed by atoms with van der Waals surface area (Å²) in [4.78, 5) is 56.3. The van der Waals surface area contributed by atoms with E-state index in [0.717, 1.165) is 5.56 Å². The molecule has 0 aliphatic carbocycles. The van der Waals surface area contributed by atoms with Gasteiger partial charge in [0.2, 0.25) is 11.8 Å². The molecular weight excluding hydrogens is 584 g/mol. The standard InChI is InChI=1S/C35H34N6O5/c1-25-10-7-12-27(18-25)38-35(45)37-22-32(42)41(23-33(43)39(2)28-13-5-4-6-14-28)30-16-9-17-31(20-30)46-24-34(44)40(3)29-15-8-11-26(19-29)21-36/h4-20H,22-24H2,1-3H3,(H2,37,38,45). The van der Waals surface area contributed by atoms with Crippen LogP contribution in [0.5, 0.6) is 5.75 Å². The van der Waals surface area contributed by atoms with Gasteiger partial charge in [-0.15, -0.1) is 0 Å². The first kappa shape index (κ1) is 32.8. The second-order valence-electron chi connectivity index (χ2n) is 10.3. The second kappa shape index (κ2) is 15.5. The Bertz CT molecular complexity index is 1750. The van der Waals surface area contributed by atoms with Crippen molar-refractivity contribution in [1.82, 2.24) is 5.32 Å². The topological polar surface area (TPSA) is 135 Å². The van der Waals surface area contributed by atoms with Crippen molar-refractivity contribution in [3.63, 3.8) is 0 Å². The molecule has 46 heavy (non-hydrogen) atoms. The van der Waals surface area contributed by atoms with E-state index < -0.39 is 18.5 Å². The fourth-order valence-corrected chi connectivity index (χ4v) is 4.42. The summed E-state index contributed by atoms with van der Waals surface area (Å²) in [6.45, 7) is 0.859. The summed E-state index contributed by atoms with van der Waals surface area (Å²) >= 11 is 0. The molecule has 4 aromatic carbocycles. The van der Waals surface area contributed by atoms with Gasteiger partial charge in [0.15, 0.2) is 6.61 Å². The molecular formula is C35H34N6O5. The highest BCUT2D eigenvalue weighted by Crippen LogP contribution is 2.23. The Morgan fingerprint density at radius 2 is 1.41 bits per heavy atom. The smallest absolute Gasteiger partial charge is 0.319 e. The minimum absolute atomic E-state index is 0.289. The lowest BCUT2D eigenvalue weighted by molar-refractivity contribution is -0.121. The molecule has 234 valence electrons. The van der Waals surface area contributed by atoms with Crippen molar-refractivity contribution in [2.75, 3.05) is 53.8 Å². The van der Waals surface area contributed by atoms with Crippen LogP contribution in [0.1, 0.15) is 11.1 Å². The van der Waals surface area contributed by atoms with Gasteiger partial charge in [0.25, 0.3) is 5.91 Å². The minimum atomic E-state index is -0.577. The highest BCUT2D eigenvalue weighted by atomic mass is 16.5. The number of benzene rings is 4. The van der Waals surface area contributed by atoms with Gasteiger partial charge in [0, 0.05) is 42.9 Å². The van der Waals surface area contributed by atoms with E-state index in [-0.39, 0.29) is 30.7 Å². The molecule has 0 heterocycles. The fourth-order valence-electron chi connectivity index (χ4n) is 4.42. The number of nitriles is 1. The fraction of sp³-hybridized carbons (Fsp3) is 0.171. The summed E-state index contributed by atoms with van der Waals surface area (Å²) in [5, 5.41) is 14.4. The van der Waals surface area contributed by atoms with Gasteiger partial charge in [-0.2, -0.15) is 5.26 Å². The minimum Gasteiger partial charge on any atom is -0.484 e. The van der Waals surface area contributed by atoms with Gasteiger partial charge in [-0.05, 0) is 67.1 Å². The molecule has 0 saturated heterocycles. The molecule has 0 saturated carbocycles. The van der Waals surface area contributed by atoms with Crippen LogP contribution in [0.25, 0.3) is 0 Å². The normalized spacial score (nSPS) is 10.2. The van der Waals surface area contributed by atoms with Crippen molar-refractivity contribution < 1.29 is 23.9 Å². The Morgan fingerprint density at radius 3 is 2.15 bits per heavy atom. The van der Waals surface area contributed by atoms with Crippen LogP contribution >= 0.6 is 0 Å². The predicted octanol–water partition coefficient (Wildman–Crippen LogP) is 4.73. The number of para-hydroxylation sites is 1. The summed E-state index contributed by atoms with van der Waals surface area (Å²) in [5.41, 5.74) is 3.48. The zero-order valence-corrected chi connectivity index (χ0v) is 25.8. The third-order valence-corrected chi connectivity index (χ3v) is 7.02. The number of anilines is 4. The van der Waals surface area contributed by atoms with E-state index >= 15 is 0 Å². The van der Waals surface area contributed by atoms with E-state index in [1.807, 2.05) is 25.1 Å². The van der Waals surface area contributed by atoms with Crippen LogP contribution in [0.3, 0.4) is 0 Å². The number of hydrogen-bond acceptors (Lipinski definition) is 6. The third kappa shape index (κ3) is 8.93. The van der Waals surface area contributed by atoms with E-state index in [9.17, 15) is 19.2 Å². The molecule has 0 aliphatic rings. The van der Waals surface area contributed by atoms with Crippen LogP contribution in [0.2, 0.25) is 0 Å². The quantitative estimate of drug-likeness (QED) is 0.250. The molecule has 11 nitrogen and oxygen atoms in total. The number of aryl methyl sites for hydroxylation is 1. The van der Waals surface area contributed by atoms with E-state index in [2.05, 4.69) is 10.6 Å². The van der Waals surface area contributed by atoms with Crippen molar-refractivity contribution in [1.29, 1.82) is 5.26 Å². The summed E-state index contributed by atoms with van der Waals surface area (Å²) in [7, 11) is 3.19. The Kier molecular flexibility index (Phi) is 11.1. The van der Waals surface area contributed by atoms with Crippen molar-refractivity contribution >= 4 is 46.5 Å². The molecule has 0 aliphatic heterocycles. The van der Waals surface area contributed by atoms with Gasteiger partial charge in [0.1, 0.15) is 12.3 Å². The molecule has 4 rings (SSSR count). The average Bonchev–Trinajstić information content (AvgIpc) is 3.08. The summed E-state index contributed by atoms with van der Waals surface area (Å²) in [6, 6.07) is 30.8. The molecule has 11 heteroatoms. The Hall–Kier alpha value is -6.15. The number of nitrogens with one attached hydrogen (secondary N) is 2. The van der Waals surface area contributed by atoms with Crippen molar-refractivity contribution in [3.8, 4) is 11.8 Å². The highest BCUT2D eigenvalue weighted by Gasteiger charge is 2.23. The number of likely N-dealkylation sites (N-methyl/N-ethyl adjacent to an activating group) is 2. The average molecular weight is 619 g/mol. The number of nitrogens with zero attached hydrogens (tertiary/aromatic N) is 4. The van der Waals surface area contributed by atoms with Crippen LogP contribution in [0.15, 0.2) is 103 Å². The molecule has 5 amide bonds. The van der Waals surface area contributed by atoms with Crippen molar-refractivity contribution in [2.45, 2.75) is 6.92 Å². The maximum absolute atomic E-state index is 13.5. The van der Waals surface area contributed by atoms with Gasteiger partial charge in [-0.3, -0.25) is 14.4 Å². The summed E-state index contributed by atoms with van der Waals surface area (Å²) in [5.74, 6) is -0.986. The van der Waals surface area contributed by atoms with Crippen LogP contribution in [0, 0.1) is 18.3 Å². The highest BCUT2D eigenvalue weighted by molar-refractivity contribution is 6.05. The molecule has 0 aromatic heterocycles. The summed E-state index contributed by atoms with van der Waals surface area (Å²) in [6.07, 6.45) is 0. The molecule has 0 fully saturated rings. The van der Waals surface area contributed by atoms with Gasteiger partial charge in [0.05, 0.1) is 18.2 Å². The zero-order valence-electron chi connectivity index (χ0n) is 25.8. The van der Waals surface area contributed by atoms with Crippen LogP contribution in [-0.2, 0) is 14.4 Å². The summed E-state index contributed by atoms with van der Waals surface area (Å²) < 4.78 is 5.76. The van der Waals surface area contributed by atoms with Gasteiger partial charge in [-0.25, -0.2) is 4.79 Å². The van der Waals surface area contributed by atoms with Crippen LogP contribution < -0.4 is 30.1 Å². The van der Waals surface area contributed by atoms with Gasteiger partial charge >= 0.3 is 6.03 Å². The number of urea groups is 1. The second-order valence-corrected chi connectivity index (χ2v) is 10.3. The number of amides is 5. The molecule has 0 atom stereocenters. The number of hydrogen-bond donors (Lipinski definition) is 2. The SMILES string of the molecule is Cc1cccc(NC(=O)NCC(=O)N(CC(=O)N(C)c2ccccc2)c2cccc(OCC(=O)N(C)c3cccc(C#N)c3)c2)c1. The maximum atomic E-state index is 13.5. The number of carbonyl (C=O) groups excluding carboxylic acids is 4. The molecule has 2 N–H and O–H groups in total. The van der Waals surface area contributed by atoms with E-state index in [1.165, 1.54) is 14.7 Å². The van der Waals surface area contributed by atoms with E-state index in [0.29, 0.717) is 28.3 Å². The van der Waals surface area contributed by atoms with E-state index in [1.54, 1.807) is 105 Å². The largest absolute Gasteiger partial charge is 0.484 e. The van der Waals surface area contributed by atoms with Crippen molar-refractivity contribution in [3.05, 3.63) is 114 Å². The number of ether oxygens (including phenoxy) is 1. The van der Waals surface area contributed by atoms with Crippen LogP contribution in [-0.4, -0.2) is 57.5 Å². The number of carbonyl (C=O) groups is 4. The molecule has 4 aromatic rings. The molecule has 0 unspecified atom stereocenters. The zero-order chi connectivity index (χ0) is 33.1. The van der Waals surface area contributed by atoms with E-state index in [4.69, 9.17) is 10.00 Å². The first-order chi connectivity index (χ1) is 22.1. The van der Waals surface area contributed by atoms with Gasteiger partial charge in [-0.1, -0.05) is 42.5 Å². The van der Waals surface area contributed by atoms with Gasteiger partial charge < -0.3 is 30.1 Å². The Morgan fingerprint density at radius 1 is 0.739 bits per heavy atom.